The Morgan fingerprint density at radius 3 is 2.60 bits per heavy atom. The number of hydrogen-bond acceptors (Lipinski definition) is 7. The molecule has 4 atom stereocenters. The van der Waals surface area contributed by atoms with Crippen molar-refractivity contribution in [2.45, 2.75) is 55.9 Å². The van der Waals surface area contributed by atoms with Gasteiger partial charge in [-0.05, 0) is 55.8 Å². The minimum absolute atomic E-state index is 0.0214. The maximum absolute atomic E-state index is 16.0. The van der Waals surface area contributed by atoms with Crippen LogP contribution >= 0.6 is 0 Å². The summed E-state index contributed by atoms with van der Waals surface area (Å²) in [5.74, 6) is -0.723. The Kier molecular flexibility index (Phi) is 6.70. The van der Waals surface area contributed by atoms with E-state index in [1.54, 1.807) is 30.3 Å². The number of carbonyl (C=O) groups is 1. The maximum atomic E-state index is 16.0. The lowest BCUT2D eigenvalue weighted by atomic mass is 9.95. The molecule has 6 heterocycles. The Morgan fingerprint density at radius 1 is 1.04 bits per heavy atom. The summed E-state index contributed by atoms with van der Waals surface area (Å²) < 4.78 is 51.8. The van der Waals surface area contributed by atoms with E-state index in [9.17, 15) is 9.18 Å². The van der Waals surface area contributed by atoms with Crippen LogP contribution in [0.15, 0.2) is 55.1 Å². The van der Waals surface area contributed by atoms with E-state index in [0.717, 1.165) is 32.2 Å². The molecule has 4 saturated heterocycles. The van der Waals surface area contributed by atoms with Gasteiger partial charge in [-0.1, -0.05) is 36.9 Å². The molecule has 4 aliphatic rings. The van der Waals surface area contributed by atoms with Gasteiger partial charge in [0.1, 0.15) is 35.9 Å². The number of ether oxygens (including phenoxy) is 1. The van der Waals surface area contributed by atoms with Crippen molar-refractivity contribution in [3.05, 3.63) is 66.8 Å². The molecule has 0 N–H and O–H groups in total. The fourth-order valence-corrected chi connectivity index (χ4v) is 8.17. The van der Waals surface area contributed by atoms with Crippen LogP contribution in [-0.4, -0.2) is 87.2 Å². The van der Waals surface area contributed by atoms with Gasteiger partial charge in [0.05, 0.1) is 10.9 Å². The number of hydrogen-bond donors (Lipinski definition) is 0. The number of fused-ring (bicyclic) bond motifs is 5. The number of alkyl halides is 1. The van der Waals surface area contributed by atoms with Crippen LogP contribution in [0.3, 0.4) is 0 Å². The monoisotopic (exact) mass is 614 g/mol. The van der Waals surface area contributed by atoms with Gasteiger partial charge in [-0.15, -0.1) is 0 Å². The van der Waals surface area contributed by atoms with Crippen molar-refractivity contribution in [3.63, 3.8) is 0 Å². The number of benzene rings is 2. The van der Waals surface area contributed by atoms with Crippen LogP contribution in [0.25, 0.3) is 33.1 Å². The van der Waals surface area contributed by atoms with E-state index in [4.69, 9.17) is 9.72 Å². The number of halogens is 3. The molecule has 2 bridgehead atoms. The molecule has 11 heteroatoms. The molecule has 0 saturated carbocycles. The third kappa shape index (κ3) is 4.62. The summed E-state index contributed by atoms with van der Waals surface area (Å²) in [5, 5.41) is 1.31. The molecular weight excluding hydrogens is 581 g/mol. The number of nitrogens with zero attached hydrogens (tertiary/aromatic N) is 6. The Labute approximate surface area is 258 Å². The second-order valence-electron chi connectivity index (χ2n) is 12.8. The summed E-state index contributed by atoms with van der Waals surface area (Å²) in [6.45, 7) is 6.13. The molecule has 4 fully saturated rings. The molecule has 0 aliphatic carbocycles. The summed E-state index contributed by atoms with van der Waals surface area (Å²) in [6, 6.07) is 11.3. The third-order valence-corrected chi connectivity index (χ3v) is 10.2. The molecular formula is C34H33F3N6O2. The van der Waals surface area contributed by atoms with E-state index in [-0.39, 0.29) is 47.3 Å². The number of pyridine rings is 1. The quantitative estimate of drug-likeness (QED) is 0.268. The summed E-state index contributed by atoms with van der Waals surface area (Å²) in [6.07, 6.45) is 4.34. The van der Waals surface area contributed by atoms with E-state index in [0.29, 0.717) is 48.2 Å². The highest BCUT2D eigenvalue weighted by molar-refractivity contribution is 5.98. The Balaban J connectivity index is 1.23. The summed E-state index contributed by atoms with van der Waals surface area (Å²) in [5.41, 5.74) is 0.108. The number of anilines is 1. The van der Waals surface area contributed by atoms with Crippen molar-refractivity contribution in [3.8, 4) is 17.3 Å². The lowest BCUT2D eigenvalue weighted by Crippen LogP contribution is -2.55. The zero-order chi connectivity index (χ0) is 30.9. The van der Waals surface area contributed by atoms with Crippen LogP contribution in [0.2, 0.25) is 0 Å². The minimum Gasteiger partial charge on any atom is -0.461 e. The first-order chi connectivity index (χ1) is 21.8. The van der Waals surface area contributed by atoms with Crippen molar-refractivity contribution in [2.75, 3.05) is 37.7 Å². The summed E-state index contributed by atoms with van der Waals surface area (Å²) >= 11 is 0. The first kappa shape index (κ1) is 28.2. The van der Waals surface area contributed by atoms with Gasteiger partial charge in [-0.25, -0.2) is 18.2 Å². The predicted molar refractivity (Wildman–Crippen MR) is 165 cm³/mol. The van der Waals surface area contributed by atoms with Gasteiger partial charge in [0, 0.05) is 49.1 Å². The number of piperazine rings is 1. The standard InChI is InChI=1S/C34H33F3N6O2/c1-2-28(44)43-22-10-11-23(43)18-41(17-22)32-25-14-27(37)30(24-8-3-6-20-7-4-9-26(36)29(20)24)38-31(25)39-33(40-32)45-19-34-12-5-13-42(34)16-21(35)15-34/h2-4,6-9,14,21-23H,1,5,10-13,15-19H2/t21-,22?,23?,34+/m1/s1. The van der Waals surface area contributed by atoms with E-state index in [1.165, 1.54) is 18.2 Å². The van der Waals surface area contributed by atoms with Gasteiger partial charge in [-0.2, -0.15) is 9.97 Å². The SMILES string of the molecule is C=CC(=O)N1C2CCC1CN(c1nc(OC[C@@]34CCCN3C[C@H](F)C4)nc3nc(-c4cccc5cccc(F)c45)c(F)cc13)C2. The highest BCUT2D eigenvalue weighted by Gasteiger charge is 2.49. The largest absolute Gasteiger partial charge is 0.461 e. The molecule has 4 aromatic rings. The van der Waals surface area contributed by atoms with E-state index in [2.05, 4.69) is 26.3 Å². The van der Waals surface area contributed by atoms with Crippen LogP contribution in [0.1, 0.15) is 32.1 Å². The number of rotatable bonds is 6. The molecule has 45 heavy (non-hydrogen) atoms. The molecule has 0 radical (unpaired) electrons. The molecule has 0 spiro atoms. The van der Waals surface area contributed by atoms with Crippen molar-refractivity contribution < 1.29 is 22.7 Å². The zero-order valence-corrected chi connectivity index (χ0v) is 24.8. The molecule has 4 aliphatic heterocycles. The van der Waals surface area contributed by atoms with Gasteiger partial charge >= 0.3 is 6.01 Å². The van der Waals surface area contributed by atoms with Crippen molar-refractivity contribution >= 4 is 33.5 Å². The lowest BCUT2D eigenvalue weighted by molar-refractivity contribution is -0.129. The number of amides is 1. The van der Waals surface area contributed by atoms with Gasteiger partial charge in [-0.3, -0.25) is 9.69 Å². The molecule has 2 aromatic carbocycles. The van der Waals surface area contributed by atoms with E-state index >= 15 is 8.78 Å². The van der Waals surface area contributed by atoms with E-state index in [1.807, 2.05) is 4.90 Å². The van der Waals surface area contributed by atoms with Gasteiger partial charge < -0.3 is 14.5 Å². The number of carbonyl (C=O) groups excluding carboxylic acids is 1. The average molecular weight is 615 g/mol. The van der Waals surface area contributed by atoms with Crippen LogP contribution in [0.5, 0.6) is 6.01 Å². The lowest BCUT2D eigenvalue weighted by Gasteiger charge is -2.41. The second kappa shape index (κ2) is 10.7. The molecule has 2 aromatic heterocycles. The average Bonchev–Trinajstić information content (AvgIpc) is 3.65. The minimum atomic E-state index is -0.902. The fourth-order valence-electron chi connectivity index (χ4n) is 8.17. The van der Waals surface area contributed by atoms with Gasteiger partial charge in [0.15, 0.2) is 5.65 Å². The zero-order valence-electron chi connectivity index (χ0n) is 24.8. The predicted octanol–water partition coefficient (Wildman–Crippen LogP) is 5.44. The number of aromatic nitrogens is 3. The highest BCUT2D eigenvalue weighted by atomic mass is 19.1. The second-order valence-corrected chi connectivity index (χ2v) is 12.8. The fraction of sp³-hybridized carbons (Fsp3) is 0.412. The Bertz CT molecular complexity index is 1840. The maximum Gasteiger partial charge on any atom is 0.320 e. The Morgan fingerprint density at radius 2 is 1.82 bits per heavy atom. The van der Waals surface area contributed by atoms with Gasteiger partial charge in [0.25, 0.3) is 0 Å². The van der Waals surface area contributed by atoms with Crippen molar-refractivity contribution in [1.29, 1.82) is 0 Å². The van der Waals surface area contributed by atoms with Crippen molar-refractivity contribution in [1.82, 2.24) is 24.8 Å². The smallest absolute Gasteiger partial charge is 0.320 e. The molecule has 1 amide bonds. The van der Waals surface area contributed by atoms with E-state index < -0.39 is 23.3 Å². The Hall–Kier alpha value is -4.25. The van der Waals surface area contributed by atoms with Crippen LogP contribution in [0.4, 0.5) is 19.0 Å². The normalized spacial score (nSPS) is 26.2. The topological polar surface area (TPSA) is 74.7 Å². The third-order valence-electron chi connectivity index (χ3n) is 10.2. The first-order valence-corrected chi connectivity index (χ1v) is 15.6. The summed E-state index contributed by atoms with van der Waals surface area (Å²) in [7, 11) is 0. The van der Waals surface area contributed by atoms with Crippen LogP contribution in [0, 0.1) is 11.6 Å². The molecule has 232 valence electrons. The molecule has 8 nitrogen and oxygen atoms in total. The van der Waals surface area contributed by atoms with Crippen LogP contribution < -0.4 is 9.64 Å². The summed E-state index contributed by atoms with van der Waals surface area (Å²) in [4.78, 5) is 32.8. The highest BCUT2D eigenvalue weighted by Crippen LogP contribution is 2.41. The van der Waals surface area contributed by atoms with Crippen molar-refractivity contribution in [2.24, 2.45) is 0 Å². The molecule has 8 rings (SSSR count). The van der Waals surface area contributed by atoms with Crippen LogP contribution in [-0.2, 0) is 4.79 Å². The molecule has 2 unspecified atom stereocenters. The van der Waals surface area contributed by atoms with Gasteiger partial charge in [0.2, 0.25) is 5.91 Å². The first-order valence-electron chi connectivity index (χ1n) is 15.6.